The zero-order valence-electron chi connectivity index (χ0n) is 1.06. The van der Waals surface area contributed by atoms with Gasteiger partial charge in [-0.1, -0.05) is 7.43 Å². The number of hydrogen-bond acceptors (Lipinski definition) is 1. The van der Waals surface area contributed by atoms with Crippen molar-refractivity contribution in [3.8, 4) is 0 Å². The summed E-state index contributed by atoms with van der Waals surface area (Å²) in [6, 6.07) is 0. The molecule has 32 valence electrons. The van der Waals surface area contributed by atoms with Crippen LogP contribution in [0.1, 0.15) is 7.43 Å². The molecular formula is CH11FeNSi. The van der Waals surface area contributed by atoms with E-state index in [1.54, 1.807) is 0 Å². The molecule has 0 heterocycles. The molecule has 4 heavy (non-hydrogen) atoms. The van der Waals surface area contributed by atoms with Crippen LogP contribution in [0, 0.1) is 0 Å². The molecule has 0 atom stereocenters. The summed E-state index contributed by atoms with van der Waals surface area (Å²) in [5.41, 5.74) is 0. The van der Waals surface area contributed by atoms with Crippen LogP contribution >= 0.6 is 0 Å². The Labute approximate surface area is 42.2 Å². The molecule has 0 saturated heterocycles. The maximum absolute atomic E-state index is 0. The topological polar surface area (TPSA) is 35.0 Å². The van der Waals surface area contributed by atoms with Crippen LogP contribution in [0.15, 0.2) is 0 Å². The van der Waals surface area contributed by atoms with E-state index in [1.807, 2.05) is 0 Å². The molecular weight excluding hydrogens is 110 g/mol. The van der Waals surface area contributed by atoms with Crippen LogP contribution in [0.3, 0.4) is 0 Å². The fraction of sp³-hybridized carbons (Fsp3) is 1.00. The number of rotatable bonds is 0. The van der Waals surface area contributed by atoms with Gasteiger partial charge < -0.3 is 6.15 Å². The molecule has 0 fully saturated rings. The molecule has 0 aliphatic rings. The largest absolute Gasteiger partial charge is 0.344 e. The molecule has 3 N–H and O–H groups in total. The summed E-state index contributed by atoms with van der Waals surface area (Å²) in [7, 11) is 0. The van der Waals surface area contributed by atoms with Crippen molar-refractivity contribution in [2.45, 2.75) is 7.43 Å². The molecule has 0 rings (SSSR count). The monoisotopic (exact) mass is 121 g/mol. The summed E-state index contributed by atoms with van der Waals surface area (Å²) in [6.45, 7) is 0. The third-order valence-electron chi connectivity index (χ3n) is 0. The van der Waals surface area contributed by atoms with Crippen LogP contribution in [0.2, 0.25) is 0 Å². The van der Waals surface area contributed by atoms with Gasteiger partial charge in [0, 0.05) is 17.1 Å². The van der Waals surface area contributed by atoms with Crippen molar-refractivity contribution in [2.24, 2.45) is 0 Å². The van der Waals surface area contributed by atoms with Crippen LogP contribution in [0.4, 0.5) is 0 Å². The Morgan fingerprint density at radius 1 is 1.00 bits per heavy atom. The first kappa shape index (κ1) is 132. The quantitative estimate of drug-likeness (QED) is 0.424. The van der Waals surface area contributed by atoms with E-state index in [1.165, 1.54) is 0 Å². The average Bonchev–Trinajstić information content (AvgIpc) is 0. The maximum Gasteiger partial charge on any atom is 0 e. The predicted molar refractivity (Wildman–Crippen MR) is 23.1 cm³/mol. The minimum Gasteiger partial charge on any atom is -0.344 e. The average molecular weight is 121 g/mol. The van der Waals surface area contributed by atoms with Gasteiger partial charge in [-0.2, -0.15) is 0 Å². The summed E-state index contributed by atoms with van der Waals surface area (Å²) >= 11 is 0. The van der Waals surface area contributed by atoms with E-state index in [9.17, 15) is 0 Å². The second kappa shape index (κ2) is 55.4. The Balaban J connectivity index is 0. The molecule has 1 nitrogen and oxygen atoms in total. The summed E-state index contributed by atoms with van der Waals surface area (Å²) in [4.78, 5) is 0. The van der Waals surface area contributed by atoms with Crippen molar-refractivity contribution in [1.29, 1.82) is 0 Å². The smallest absolute Gasteiger partial charge is 0 e. The van der Waals surface area contributed by atoms with E-state index in [0.717, 1.165) is 0 Å². The Hall–Kier alpha value is 0.696. The third-order valence-corrected chi connectivity index (χ3v) is 0. The fourth-order valence-electron chi connectivity index (χ4n) is 0. The van der Waals surface area contributed by atoms with Crippen LogP contribution in [-0.4, -0.2) is 11.0 Å². The van der Waals surface area contributed by atoms with Crippen LogP contribution in [0.25, 0.3) is 0 Å². The van der Waals surface area contributed by atoms with Crippen LogP contribution in [0.5, 0.6) is 0 Å². The van der Waals surface area contributed by atoms with Gasteiger partial charge in [0.25, 0.3) is 0 Å². The molecule has 0 spiro atoms. The molecule has 0 aliphatic heterocycles. The molecule has 0 unspecified atom stereocenters. The van der Waals surface area contributed by atoms with E-state index in [0.29, 0.717) is 0 Å². The van der Waals surface area contributed by atoms with Crippen molar-refractivity contribution in [3.05, 3.63) is 0 Å². The Bertz CT molecular complexity index is 8.00. The summed E-state index contributed by atoms with van der Waals surface area (Å²) in [6.07, 6.45) is 0. The van der Waals surface area contributed by atoms with Crippen molar-refractivity contribution in [2.75, 3.05) is 0 Å². The summed E-state index contributed by atoms with van der Waals surface area (Å²) in [5.74, 6) is 0. The first-order valence-electron chi connectivity index (χ1n) is 0. The van der Waals surface area contributed by atoms with E-state index < -0.39 is 0 Å². The zero-order chi connectivity index (χ0) is 0. The second-order valence-corrected chi connectivity index (χ2v) is 0. The molecule has 0 aromatic carbocycles. The van der Waals surface area contributed by atoms with Crippen molar-refractivity contribution >= 4 is 11.0 Å². The normalized spacial score (nSPS) is 0. The molecule has 0 aromatic heterocycles. The molecule has 0 aliphatic carbocycles. The third kappa shape index (κ3) is 16.0. The van der Waals surface area contributed by atoms with Gasteiger partial charge in [0.15, 0.2) is 0 Å². The van der Waals surface area contributed by atoms with Crippen molar-refractivity contribution in [1.82, 2.24) is 6.15 Å². The summed E-state index contributed by atoms with van der Waals surface area (Å²) in [5, 5.41) is 0. The Morgan fingerprint density at radius 3 is 1.00 bits per heavy atom. The molecule has 0 radical (unpaired) electrons. The van der Waals surface area contributed by atoms with Gasteiger partial charge in [0.2, 0.25) is 0 Å². The first-order valence-corrected chi connectivity index (χ1v) is 0. The SMILES string of the molecule is C.N.[Fe].[SiH4]. The predicted octanol–water partition coefficient (Wildman–Crippen LogP) is -0.656. The van der Waals surface area contributed by atoms with Gasteiger partial charge in [-0.3, -0.25) is 0 Å². The Kier molecular flexibility index (Phi) is 1830. The van der Waals surface area contributed by atoms with Crippen LogP contribution in [-0.2, 0) is 17.1 Å². The molecule has 0 aromatic rings. The fourth-order valence-corrected chi connectivity index (χ4v) is 0. The minimum absolute atomic E-state index is 0. The summed E-state index contributed by atoms with van der Waals surface area (Å²) < 4.78 is 0. The Morgan fingerprint density at radius 2 is 1.00 bits per heavy atom. The van der Waals surface area contributed by atoms with Crippen molar-refractivity contribution in [3.63, 3.8) is 0 Å². The second-order valence-electron chi connectivity index (χ2n) is 0. The minimum atomic E-state index is 0. The maximum atomic E-state index is 0. The number of hydrogen-bond donors (Lipinski definition) is 1. The molecule has 0 saturated carbocycles. The van der Waals surface area contributed by atoms with E-state index in [4.69, 9.17) is 0 Å². The molecule has 3 heteroatoms. The van der Waals surface area contributed by atoms with Gasteiger partial charge in [-0.15, -0.1) is 0 Å². The molecule has 0 amide bonds. The van der Waals surface area contributed by atoms with Gasteiger partial charge >= 0.3 is 0 Å². The first-order chi connectivity index (χ1) is 0. The standard InChI is InChI=1S/CH4.Fe.H3N.H4Si/h1H4;;1H3;1H4. The van der Waals surface area contributed by atoms with Gasteiger partial charge in [-0.25, -0.2) is 0 Å². The van der Waals surface area contributed by atoms with Gasteiger partial charge in [-0.05, 0) is 11.0 Å². The van der Waals surface area contributed by atoms with E-state index in [-0.39, 0.29) is 41.6 Å². The zero-order valence-corrected chi connectivity index (χ0v) is 2.16. The van der Waals surface area contributed by atoms with Gasteiger partial charge in [0.05, 0.1) is 0 Å². The van der Waals surface area contributed by atoms with Crippen molar-refractivity contribution < 1.29 is 17.1 Å². The van der Waals surface area contributed by atoms with E-state index >= 15 is 0 Å². The van der Waals surface area contributed by atoms with Crippen LogP contribution < -0.4 is 6.15 Å². The molecule has 0 bridgehead atoms. The van der Waals surface area contributed by atoms with E-state index in [2.05, 4.69) is 0 Å². The van der Waals surface area contributed by atoms with Gasteiger partial charge in [0.1, 0.15) is 0 Å².